The maximum absolute atomic E-state index is 6.50. The highest BCUT2D eigenvalue weighted by Crippen LogP contribution is 2.36. The number of likely N-dealkylation sites (tertiary alicyclic amines) is 1. The molecular weight excluding hydrogens is 284 g/mol. The second kappa shape index (κ2) is 6.55. The number of hydrogen-bond acceptors (Lipinski definition) is 3. The van der Waals surface area contributed by atoms with Crippen molar-refractivity contribution < 1.29 is 4.74 Å². The lowest BCUT2D eigenvalue weighted by molar-refractivity contribution is 0.0851. The van der Waals surface area contributed by atoms with E-state index in [0.717, 1.165) is 22.9 Å². The van der Waals surface area contributed by atoms with Gasteiger partial charge in [-0.05, 0) is 44.0 Å². The van der Waals surface area contributed by atoms with Crippen molar-refractivity contribution in [3.05, 3.63) is 28.8 Å². The second-order valence-corrected chi connectivity index (χ2v) is 6.77. The van der Waals surface area contributed by atoms with Crippen molar-refractivity contribution in [3.8, 4) is 5.75 Å². The number of nitrogens with two attached hydrogens (primary N) is 1. The standard InChI is InChI=1S/C17H25ClN2O/c1-2-14-5-3-4-8-20(14)10-12-11-21-16-7-6-13(18)9-15(16)17(12)19/h6-7,9,12,14,17H,2-5,8,10-11,19H2,1H3. The number of nitrogens with zero attached hydrogens (tertiary/aromatic N) is 1. The third-order valence-electron chi connectivity index (χ3n) is 4.98. The van der Waals surface area contributed by atoms with E-state index in [-0.39, 0.29) is 6.04 Å². The van der Waals surface area contributed by atoms with Crippen LogP contribution in [-0.4, -0.2) is 30.6 Å². The molecule has 3 rings (SSSR count). The average Bonchev–Trinajstić information content (AvgIpc) is 2.51. The fourth-order valence-electron chi connectivity index (χ4n) is 3.70. The molecular formula is C17H25ClN2O. The topological polar surface area (TPSA) is 38.5 Å². The first-order valence-electron chi connectivity index (χ1n) is 8.11. The monoisotopic (exact) mass is 308 g/mol. The quantitative estimate of drug-likeness (QED) is 0.927. The summed E-state index contributed by atoms with van der Waals surface area (Å²) in [5, 5.41) is 0.734. The Balaban J connectivity index is 1.72. The third kappa shape index (κ3) is 3.20. The van der Waals surface area contributed by atoms with Gasteiger partial charge in [-0.1, -0.05) is 24.9 Å². The Hall–Kier alpha value is -0.770. The summed E-state index contributed by atoms with van der Waals surface area (Å²) >= 11 is 6.11. The van der Waals surface area contributed by atoms with E-state index in [9.17, 15) is 0 Å². The van der Waals surface area contributed by atoms with Gasteiger partial charge in [-0.15, -0.1) is 0 Å². The van der Waals surface area contributed by atoms with Crippen LogP contribution in [0, 0.1) is 5.92 Å². The molecule has 0 bridgehead atoms. The highest BCUT2D eigenvalue weighted by molar-refractivity contribution is 6.30. The summed E-state index contributed by atoms with van der Waals surface area (Å²) in [6.07, 6.45) is 5.22. The highest BCUT2D eigenvalue weighted by atomic mass is 35.5. The van der Waals surface area contributed by atoms with Crippen LogP contribution in [-0.2, 0) is 0 Å². The largest absolute Gasteiger partial charge is 0.493 e. The van der Waals surface area contributed by atoms with Gasteiger partial charge in [0.2, 0.25) is 0 Å². The maximum Gasteiger partial charge on any atom is 0.124 e. The summed E-state index contributed by atoms with van der Waals surface area (Å²) in [6, 6.07) is 6.49. The first-order chi connectivity index (χ1) is 10.2. The number of piperidine rings is 1. The molecule has 21 heavy (non-hydrogen) atoms. The van der Waals surface area contributed by atoms with Crippen molar-refractivity contribution in [2.45, 2.75) is 44.7 Å². The molecule has 2 aliphatic rings. The molecule has 0 aliphatic carbocycles. The zero-order valence-electron chi connectivity index (χ0n) is 12.7. The van der Waals surface area contributed by atoms with Crippen molar-refractivity contribution in [2.24, 2.45) is 11.7 Å². The minimum atomic E-state index is 0.0203. The van der Waals surface area contributed by atoms with E-state index in [1.54, 1.807) is 0 Å². The zero-order chi connectivity index (χ0) is 14.8. The fourth-order valence-corrected chi connectivity index (χ4v) is 3.88. The number of rotatable bonds is 3. The number of benzene rings is 1. The van der Waals surface area contributed by atoms with Crippen LogP contribution in [0.3, 0.4) is 0 Å². The minimum Gasteiger partial charge on any atom is -0.493 e. The molecule has 4 heteroatoms. The molecule has 2 heterocycles. The van der Waals surface area contributed by atoms with E-state index in [4.69, 9.17) is 22.1 Å². The first kappa shape index (κ1) is 15.1. The average molecular weight is 309 g/mol. The van der Waals surface area contributed by atoms with Gasteiger partial charge in [0.25, 0.3) is 0 Å². The van der Waals surface area contributed by atoms with E-state index in [1.165, 1.54) is 32.2 Å². The van der Waals surface area contributed by atoms with E-state index >= 15 is 0 Å². The predicted molar refractivity (Wildman–Crippen MR) is 86.9 cm³/mol. The van der Waals surface area contributed by atoms with Crippen molar-refractivity contribution >= 4 is 11.6 Å². The summed E-state index contributed by atoms with van der Waals surface area (Å²) in [4.78, 5) is 2.62. The van der Waals surface area contributed by atoms with Gasteiger partial charge < -0.3 is 10.5 Å². The van der Waals surface area contributed by atoms with Crippen LogP contribution in [0.5, 0.6) is 5.75 Å². The molecule has 116 valence electrons. The highest BCUT2D eigenvalue weighted by Gasteiger charge is 2.32. The Kier molecular flexibility index (Phi) is 4.72. The third-order valence-corrected chi connectivity index (χ3v) is 5.22. The van der Waals surface area contributed by atoms with Crippen LogP contribution in [0.15, 0.2) is 18.2 Å². The smallest absolute Gasteiger partial charge is 0.124 e. The minimum absolute atomic E-state index is 0.0203. The van der Waals surface area contributed by atoms with Crippen LogP contribution in [0.4, 0.5) is 0 Å². The predicted octanol–water partition coefficient (Wildman–Crippen LogP) is 3.61. The normalized spacial score (nSPS) is 29.8. The summed E-state index contributed by atoms with van der Waals surface area (Å²) < 4.78 is 5.91. The van der Waals surface area contributed by atoms with Gasteiger partial charge in [0.05, 0.1) is 6.61 Å². The molecule has 2 N–H and O–H groups in total. The Labute approximate surface area is 132 Å². The lowest BCUT2D eigenvalue weighted by atomic mass is 9.89. The fraction of sp³-hybridized carbons (Fsp3) is 0.647. The van der Waals surface area contributed by atoms with E-state index in [1.807, 2.05) is 18.2 Å². The van der Waals surface area contributed by atoms with Gasteiger partial charge in [0, 0.05) is 35.1 Å². The van der Waals surface area contributed by atoms with Gasteiger partial charge in [-0.2, -0.15) is 0 Å². The Morgan fingerprint density at radius 2 is 2.24 bits per heavy atom. The number of halogens is 1. The summed E-state index contributed by atoms with van der Waals surface area (Å²) in [6.45, 7) is 5.23. The molecule has 1 saturated heterocycles. The zero-order valence-corrected chi connectivity index (χ0v) is 13.5. The first-order valence-corrected chi connectivity index (χ1v) is 8.48. The molecule has 0 amide bonds. The molecule has 3 atom stereocenters. The van der Waals surface area contributed by atoms with Crippen LogP contribution in [0.2, 0.25) is 5.02 Å². The summed E-state index contributed by atoms with van der Waals surface area (Å²) in [5.41, 5.74) is 7.56. The van der Waals surface area contributed by atoms with Gasteiger partial charge in [-0.3, -0.25) is 4.90 Å². The molecule has 3 nitrogen and oxygen atoms in total. The molecule has 0 radical (unpaired) electrons. The van der Waals surface area contributed by atoms with Crippen LogP contribution in [0.25, 0.3) is 0 Å². The molecule has 0 saturated carbocycles. The van der Waals surface area contributed by atoms with Crippen LogP contribution in [0.1, 0.15) is 44.2 Å². The Bertz CT molecular complexity index is 494. The van der Waals surface area contributed by atoms with Crippen molar-refractivity contribution in [2.75, 3.05) is 19.7 Å². The number of fused-ring (bicyclic) bond motifs is 1. The van der Waals surface area contributed by atoms with Crippen LogP contribution < -0.4 is 10.5 Å². The molecule has 1 fully saturated rings. The lowest BCUT2D eigenvalue weighted by Crippen LogP contribution is -2.46. The molecule has 0 aromatic heterocycles. The lowest BCUT2D eigenvalue weighted by Gasteiger charge is -2.40. The molecule has 1 aromatic rings. The molecule has 2 aliphatic heterocycles. The number of hydrogen-bond donors (Lipinski definition) is 1. The molecule has 0 spiro atoms. The van der Waals surface area contributed by atoms with Gasteiger partial charge in [0.1, 0.15) is 5.75 Å². The van der Waals surface area contributed by atoms with Gasteiger partial charge >= 0.3 is 0 Å². The summed E-state index contributed by atoms with van der Waals surface area (Å²) in [7, 11) is 0. The van der Waals surface area contributed by atoms with E-state index in [2.05, 4.69) is 11.8 Å². The van der Waals surface area contributed by atoms with E-state index < -0.39 is 0 Å². The van der Waals surface area contributed by atoms with Crippen LogP contribution >= 0.6 is 11.6 Å². The van der Waals surface area contributed by atoms with E-state index in [0.29, 0.717) is 18.6 Å². The summed E-state index contributed by atoms with van der Waals surface area (Å²) in [5.74, 6) is 1.25. The van der Waals surface area contributed by atoms with Crippen molar-refractivity contribution in [1.82, 2.24) is 4.90 Å². The number of ether oxygens (including phenoxy) is 1. The molecule has 1 aromatic carbocycles. The Morgan fingerprint density at radius 1 is 1.38 bits per heavy atom. The van der Waals surface area contributed by atoms with Gasteiger partial charge in [-0.25, -0.2) is 0 Å². The van der Waals surface area contributed by atoms with Crippen molar-refractivity contribution in [3.63, 3.8) is 0 Å². The van der Waals surface area contributed by atoms with Crippen molar-refractivity contribution in [1.29, 1.82) is 0 Å². The SMILES string of the molecule is CCC1CCCCN1CC1COc2ccc(Cl)cc2C1N. The maximum atomic E-state index is 6.50. The molecule has 3 unspecified atom stereocenters. The Morgan fingerprint density at radius 3 is 3.05 bits per heavy atom. The second-order valence-electron chi connectivity index (χ2n) is 6.33. The van der Waals surface area contributed by atoms with Gasteiger partial charge in [0.15, 0.2) is 0 Å².